The Morgan fingerprint density at radius 3 is 2.94 bits per heavy atom. The number of carbonyl (C=O) groups excluding carboxylic acids is 1. The number of carboxylic acids is 1. The van der Waals surface area contributed by atoms with Gasteiger partial charge >= 0.3 is 12.0 Å². The third-order valence-corrected chi connectivity index (χ3v) is 4.31. The first-order valence-corrected chi connectivity index (χ1v) is 7.24. The Kier molecular flexibility index (Phi) is 4.34. The lowest BCUT2D eigenvalue weighted by molar-refractivity contribution is -0.140. The number of amides is 2. The molecular formula is C11H18N2O4S. The third-order valence-electron chi connectivity index (χ3n) is 3.30. The van der Waals surface area contributed by atoms with Crippen LogP contribution in [0.2, 0.25) is 0 Å². The van der Waals surface area contributed by atoms with Crippen LogP contribution in [0.5, 0.6) is 0 Å². The number of urea groups is 1. The van der Waals surface area contributed by atoms with Crippen LogP contribution in [0.25, 0.3) is 0 Å². The average Bonchev–Trinajstić information content (AvgIpc) is 3.00. The van der Waals surface area contributed by atoms with Gasteiger partial charge in [0, 0.05) is 12.4 Å². The van der Waals surface area contributed by atoms with Crippen molar-refractivity contribution in [2.24, 2.45) is 0 Å². The number of hydrogen-bond donors (Lipinski definition) is 2. The van der Waals surface area contributed by atoms with Crippen LogP contribution in [0.1, 0.15) is 19.8 Å². The lowest BCUT2D eigenvalue weighted by atomic mass is 10.1. The van der Waals surface area contributed by atoms with Crippen molar-refractivity contribution in [3.8, 4) is 0 Å². The molecule has 0 aromatic rings. The number of carbonyl (C=O) groups is 2. The number of rotatable bonds is 3. The van der Waals surface area contributed by atoms with E-state index in [1.807, 2.05) is 6.92 Å². The average molecular weight is 274 g/mol. The van der Waals surface area contributed by atoms with Crippen LogP contribution in [0.3, 0.4) is 0 Å². The van der Waals surface area contributed by atoms with Crippen molar-refractivity contribution >= 4 is 23.8 Å². The van der Waals surface area contributed by atoms with E-state index in [4.69, 9.17) is 9.84 Å². The SMILES string of the molecule is CC(NC(=O)N1CSC[C@H]1C(=O)O)C1CCCO1. The molecule has 2 N–H and O–H groups in total. The summed E-state index contributed by atoms with van der Waals surface area (Å²) in [7, 11) is 0. The van der Waals surface area contributed by atoms with Crippen LogP contribution >= 0.6 is 11.8 Å². The molecule has 0 bridgehead atoms. The highest BCUT2D eigenvalue weighted by Gasteiger charge is 2.35. The molecule has 0 spiro atoms. The van der Waals surface area contributed by atoms with Crippen LogP contribution in [0.15, 0.2) is 0 Å². The fourth-order valence-corrected chi connectivity index (χ4v) is 3.36. The summed E-state index contributed by atoms with van der Waals surface area (Å²) in [6.07, 6.45) is 2.01. The van der Waals surface area contributed by atoms with Crippen LogP contribution in [-0.2, 0) is 9.53 Å². The lowest BCUT2D eigenvalue weighted by Gasteiger charge is -2.26. The van der Waals surface area contributed by atoms with Crippen molar-refractivity contribution in [3.05, 3.63) is 0 Å². The second-order valence-corrected chi connectivity index (χ2v) is 5.61. The molecule has 0 aromatic heterocycles. The van der Waals surface area contributed by atoms with Crippen molar-refractivity contribution in [2.75, 3.05) is 18.2 Å². The maximum atomic E-state index is 12.0. The van der Waals surface area contributed by atoms with E-state index < -0.39 is 12.0 Å². The zero-order valence-electron chi connectivity index (χ0n) is 10.3. The zero-order valence-corrected chi connectivity index (χ0v) is 11.1. The van der Waals surface area contributed by atoms with Crippen LogP contribution < -0.4 is 5.32 Å². The van der Waals surface area contributed by atoms with Gasteiger partial charge in [0.25, 0.3) is 0 Å². The molecule has 18 heavy (non-hydrogen) atoms. The molecule has 0 radical (unpaired) electrons. The Morgan fingerprint density at radius 1 is 1.56 bits per heavy atom. The van der Waals surface area contributed by atoms with Gasteiger partial charge in [-0.2, -0.15) is 0 Å². The minimum Gasteiger partial charge on any atom is -0.480 e. The highest BCUT2D eigenvalue weighted by Crippen LogP contribution is 2.22. The number of nitrogens with zero attached hydrogens (tertiary/aromatic N) is 1. The van der Waals surface area contributed by atoms with E-state index in [-0.39, 0.29) is 18.2 Å². The Bertz CT molecular complexity index is 333. The van der Waals surface area contributed by atoms with E-state index in [0.717, 1.165) is 19.4 Å². The first-order valence-electron chi connectivity index (χ1n) is 6.09. The monoisotopic (exact) mass is 274 g/mol. The molecule has 7 heteroatoms. The van der Waals surface area contributed by atoms with Gasteiger partial charge < -0.3 is 20.1 Å². The number of nitrogens with one attached hydrogen (secondary N) is 1. The lowest BCUT2D eigenvalue weighted by Crippen LogP contribution is -2.51. The molecule has 102 valence electrons. The van der Waals surface area contributed by atoms with Crippen molar-refractivity contribution in [2.45, 2.75) is 38.0 Å². The predicted molar refractivity (Wildman–Crippen MR) is 67.6 cm³/mol. The second kappa shape index (κ2) is 5.79. The van der Waals surface area contributed by atoms with E-state index in [1.54, 1.807) is 0 Å². The smallest absolute Gasteiger partial charge is 0.327 e. The van der Waals surface area contributed by atoms with Crippen molar-refractivity contribution < 1.29 is 19.4 Å². The molecule has 2 aliphatic heterocycles. The second-order valence-electron chi connectivity index (χ2n) is 4.61. The molecule has 2 rings (SSSR count). The standard InChI is InChI=1S/C11H18N2O4S/c1-7(9-3-2-4-17-9)12-11(16)13-6-18-5-8(13)10(14)15/h7-9H,2-6H2,1H3,(H,12,16)(H,14,15)/t7?,8-,9?/m0/s1. The summed E-state index contributed by atoms with van der Waals surface area (Å²) in [6.45, 7) is 2.63. The maximum Gasteiger partial charge on any atom is 0.327 e. The summed E-state index contributed by atoms with van der Waals surface area (Å²) in [4.78, 5) is 24.4. The summed E-state index contributed by atoms with van der Waals surface area (Å²) in [6, 6.07) is -1.11. The van der Waals surface area contributed by atoms with Crippen LogP contribution in [0, 0.1) is 0 Å². The molecule has 2 aliphatic rings. The number of carboxylic acid groups (broad SMARTS) is 1. The fraction of sp³-hybridized carbons (Fsp3) is 0.818. The maximum absolute atomic E-state index is 12.0. The number of ether oxygens (including phenoxy) is 1. The normalized spacial score (nSPS) is 29.3. The molecule has 3 atom stereocenters. The Labute approximate surface area is 110 Å². The van der Waals surface area contributed by atoms with Crippen molar-refractivity contribution in [1.82, 2.24) is 10.2 Å². The Balaban J connectivity index is 1.88. The van der Waals surface area contributed by atoms with Gasteiger partial charge in [0.1, 0.15) is 6.04 Å². The topological polar surface area (TPSA) is 78.9 Å². The molecule has 2 heterocycles. The molecule has 2 fully saturated rings. The summed E-state index contributed by atoms with van der Waals surface area (Å²) in [5, 5.41) is 11.9. The quantitative estimate of drug-likeness (QED) is 0.793. The molecule has 2 unspecified atom stereocenters. The molecule has 0 aliphatic carbocycles. The molecular weight excluding hydrogens is 256 g/mol. The summed E-state index contributed by atoms with van der Waals surface area (Å²) >= 11 is 1.46. The first-order chi connectivity index (χ1) is 8.59. The van der Waals surface area contributed by atoms with E-state index in [1.165, 1.54) is 16.7 Å². The highest BCUT2D eigenvalue weighted by molar-refractivity contribution is 7.99. The Hall–Kier alpha value is -0.950. The van der Waals surface area contributed by atoms with E-state index in [9.17, 15) is 9.59 Å². The molecule has 0 aromatic carbocycles. The molecule has 2 amide bonds. The minimum absolute atomic E-state index is 0.0486. The minimum atomic E-state index is -0.945. The van der Waals surface area contributed by atoms with Gasteiger partial charge in [-0.3, -0.25) is 0 Å². The summed E-state index contributed by atoms with van der Waals surface area (Å²) in [5.74, 6) is -0.0575. The highest BCUT2D eigenvalue weighted by atomic mass is 32.2. The van der Waals surface area contributed by atoms with Crippen LogP contribution in [0.4, 0.5) is 4.79 Å². The predicted octanol–water partition coefficient (Wildman–Crippen LogP) is 0.723. The number of thioether (sulfide) groups is 1. The van der Waals surface area contributed by atoms with Gasteiger partial charge in [0.2, 0.25) is 0 Å². The van der Waals surface area contributed by atoms with E-state index in [2.05, 4.69) is 5.32 Å². The van der Waals surface area contributed by atoms with E-state index in [0.29, 0.717) is 11.6 Å². The molecule has 6 nitrogen and oxygen atoms in total. The van der Waals surface area contributed by atoms with Gasteiger partial charge in [-0.05, 0) is 19.8 Å². The zero-order chi connectivity index (χ0) is 13.1. The number of hydrogen-bond acceptors (Lipinski definition) is 4. The van der Waals surface area contributed by atoms with Gasteiger partial charge in [-0.25, -0.2) is 9.59 Å². The summed E-state index contributed by atoms with van der Waals surface area (Å²) in [5.41, 5.74) is 0. The van der Waals surface area contributed by atoms with Gasteiger partial charge in [-0.1, -0.05) is 0 Å². The van der Waals surface area contributed by atoms with Gasteiger partial charge in [0.15, 0.2) is 0 Å². The molecule has 2 saturated heterocycles. The summed E-state index contributed by atoms with van der Waals surface area (Å²) < 4.78 is 5.50. The first kappa shape index (κ1) is 13.5. The number of aliphatic carboxylic acids is 1. The third kappa shape index (κ3) is 2.89. The van der Waals surface area contributed by atoms with Crippen molar-refractivity contribution in [1.29, 1.82) is 0 Å². The molecule has 0 saturated carbocycles. The Morgan fingerprint density at radius 2 is 2.33 bits per heavy atom. The van der Waals surface area contributed by atoms with E-state index >= 15 is 0 Å². The fourth-order valence-electron chi connectivity index (χ4n) is 2.21. The van der Waals surface area contributed by atoms with Gasteiger partial charge in [-0.15, -0.1) is 11.8 Å². The van der Waals surface area contributed by atoms with Crippen LogP contribution in [-0.4, -0.2) is 58.4 Å². The van der Waals surface area contributed by atoms with Crippen molar-refractivity contribution in [3.63, 3.8) is 0 Å². The van der Waals surface area contributed by atoms with Gasteiger partial charge in [0.05, 0.1) is 18.0 Å². The largest absolute Gasteiger partial charge is 0.480 e.